The summed E-state index contributed by atoms with van der Waals surface area (Å²) in [4.78, 5) is 0. The lowest BCUT2D eigenvalue weighted by Gasteiger charge is -2.18. The molecule has 1 fully saturated rings. The normalized spacial score (nSPS) is 19.2. The Morgan fingerprint density at radius 3 is 2.50 bits per heavy atom. The molecule has 1 aliphatic carbocycles. The highest BCUT2D eigenvalue weighted by molar-refractivity contribution is 5.35. The first-order valence-electron chi connectivity index (χ1n) is 7.24. The van der Waals surface area contributed by atoms with Crippen molar-refractivity contribution in [3.8, 4) is 5.75 Å². The minimum Gasteiger partial charge on any atom is -0.493 e. The molecule has 1 aromatic rings. The molecule has 2 nitrogen and oxygen atoms in total. The van der Waals surface area contributed by atoms with Crippen LogP contribution in [-0.2, 0) is 0 Å². The number of hydrogen-bond donors (Lipinski definition) is 1. The Morgan fingerprint density at radius 1 is 1.17 bits per heavy atom. The fraction of sp³-hybridized carbons (Fsp3) is 0.625. The van der Waals surface area contributed by atoms with Crippen LogP contribution in [0.1, 0.15) is 57.1 Å². The van der Waals surface area contributed by atoms with Gasteiger partial charge in [0.2, 0.25) is 0 Å². The van der Waals surface area contributed by atoms with Gasteiger partial charge in [0.15, 0.2) is 0 Å². The molecule has 0 aromatic heterocycles. The van der Waals surface area contributed by atoms with Crippen LogP contribution in [0.2, 0.25) is 0 Å². The zero-order valence-electron chi connectivity index (χ0n) is 11.4. The van der Waals surface area contributed by atoms with E-state index >= 15 is 0 Å². The van der Waals surface area contributed by atoms with Crippen molar-refractivity contribution in [2.75, 3.05) is 6.61 Å². The van der Waals surface area contributed by atoms with Gasteiger partial charge < -0.3 is 10.5 Å². The molecule has 1 aromatic carbocycles. The zero-order valence-corrected chi connectivity index (χ0v) is 11.4. The zero-order chi connectivity index (χ0) is 12.8. The van der Waals surface area contributed by atoms with E-state index in [4.69, 9.17) is 10.5 Å². The van der Waals surface area contributed by atoms with Crippen molar-refractivity contribution in [3.05, 3.63) is 29.8 Å². The summed E-state index contributed by atoms with van der Waals surface area (Å²) in [7, 11) is 0. The fourth-order valence-corrected chi connectivity index (χ4v) is 2.73. The van der Waals surface area contributed by atoms with Gasteiger partial charge in [-0.25, -0.2) is 0 Å². The molecule has 0 amide bonds. The molecular formula is C16H25NO. The minimum absolute atomic E-state index is 0.0373. The first kappa shape index (κ1) is 13.4. The van der Waals surface area contributed by atoms with Crippen LogP contribution >= 0.6 is 0 Å². The molecule has 18 heavy (non-hydrogen) atoms. The van der Waals surface area contributed by atoms with Crippen molar-refractivity contribution in [3.63, 3.8) is 0 Å². The Labute approximate surface area is 111 Å². The predicted octanol–water partition coefficient (Wildman–Crippen LogP) is 4.06. The molecule has 0 aliphatic heterocycles. The van der Waals surface area contributed by atoms with Crippen molar-refractivity contribution in [1.82, 2.24) is 0 Å². The van der Waals surface area contributed by atoms with E-state index < -0.39 is 0 Å². The summed E-state index contributed by atoms with van der Waals surface area (Å²) in [6.45, 7) is 2.86. The lowest BCUT2D eigenvalue weighted by Crippen LogP contribution is -2.14. The summed E-state index contributed by atoms with van der Waals surface area (Å²) in [5, 5.41) is 0. The van der Waals surface area contributed by atoms with Crippen LogP contribution in [0.3, 0.4) is 0 Å². The molecule has 0 radical (unpaired) electrons. The highest BCUT2D eigenvalue weighted by Gasteiger charge is 2.14. The fourth-order valence-electron chi connectivity index (χ4n) is 2.73. The van der Waals surface area contributed by atoms with Gasteiger partial charge >= 0.3 is 0 Å². The van der Waals surface area contributed by atoms with Gasteiger partial charge in [-0.3, -0.25) is 0 Å². The number of para-hydroxylation sites is 1. The van der Waals surface area contributed by atoms with Gasteiger partial charge in [0.05, 0.1) is 6.61 Å². The van der Waals surface area contributed by atoms with Crippen molar-refractivity contribution in [1.29, 1.82) is 0 Å². The maximum Gasteiger partial charge on any atom is 0.124 e. The number of nitrogens with two attached hydrogens (primary N) is 1. The van der Waals surface area contributed by atoms with Gasteiger partial charge in [-0.2, -0.15) is 0 Å². The van der Waals surface area contributed by atoms with E-state index in [9.17, 15) is 0 Å². The van der Waals surface area contributed by atoms with Gasteiger partial charge in [-0.05, 0) is 31.7 Å². The monoisotopic (exact) mass is 247 g/mol. The van der Waals surface area contributed by atoms with Crippen LogP contribution < -0.4 is 10.5 Å². The minimum atomic E-state index is 0.0373. The Kier molecular flexibility index (Phi) is 5.06. The van der Waals surface area contributed by atoms with E-state index in [-0.39, 0.29) is 6.04 Å². The topological polar surface area (TPSA) is 35.2 Å². The molecule has 1 atom stereocenters. The summed E-state index contributed by atoms with van der Waals surface area (Å²) in [5.41, 5.74) is 7.09. The third kappa shape index (κ3) is 3.74. The number of rotatable bonds is 4. The van der Waals surface area contributed by atoms with Crippen molar-refractivity contribution < 1.29 is 4.74 Å². The smallest absolute Gasteiger partial charge is 0.124 e. The molecule has 1 saturated carbocycles. The largest absolute Gasteiger partial charge is 0.493 e. The summed E-state index contributed by atoms with van der Waals surface area (Å²) >= 11 is 0. The summed E-state index contributed by atoms with van der Waals surface area (Å²) in [6.07, 6.45) is 8.16. The second-order valence-electron chi connectivity index (χ2n) is 5.50. The predicted molar refractivity (Wildman–Crippen MR) is 75.7 cm³/mol. The number of ether oxygens (including phenoxy) is 1. The van der Waals surface area contributed by atoms with Crippen molar-refractivity contribution in [2.45, 2.75) is 51.5 Å². The number of benzene rings is 1. The van der Waals surface area contributed by atoms with E-state index in [0.29, 0.717) is 0 Å². The standard InChI is InChI=1S/C16H25NO/c1-13(17)15-10-6-7-11-16(15)18-12-14-8-4-2-3-5-9-14/h6-7,10-11,13-14H,2-5,8-9,12,17H2,1H3. The highest BCUT2D eigenvalue weighted by atomic mass is 16.5. The third-order valence-electron chi connectivity index (χ3n) is 3.86. The van der Waals surface area contributed by atoms with Crippen molar-refractivity contribution >= 4 is 0 Å². The Morgan fingerprint density at radius 2 is 1.83 bits per heavy atom. The molecule has 2 rings (SSSR count). The molecule has 0 spiro atoms. The van der Waals surface area contributed by atoms with Gasteiger partial charge in [-0.1, -0.05) is 43.9 Å². The molecule has 2 N–H and O–H groups in total. The second kappa shape index (κ2) is 6.79. The maximum atomic E-state index is 6.01. The van der Waals surface area contributed by atoms with E-state index in [2.05, 4.69) is 6.07 Å². The van der Waals surface area contributed by atoms with Crippen LogP contribution in [0.5, 0.6) is 5.75 Å². The Hall–Kier alpha value is -1.02. The van der Waals surface area contributed by atoms with Gasteiger partial charge in [0.25, 0.3) is 0 Å². The van der Waals surface area contributed by atoms with Gasteiger partial charge in [0.1, 0.15) is 5.75 Å². The molecule has 1 aliphatic rings. The highest BCUT2D eigenvalue weighted by Crippen LogP contribution is 2.27. The summed E-state index contributed by atoms with van der Waals surface area (Å²) in [6, 6.07) is 8.18. The molecule has 0 bridgehead atoms. The average Bonchev–Trinajstić information content (AvgIpc) is 2.65. The molecule has 0 heterocycles. The first-order chi connectivity index (χ1) is 8.77. The van der Waals surface area contributed by atoms with Crippen molar-refractivity contribution in [2.24, 2.45) is 11.7 Å². The molecular weight excluding hydrogens is 222 g/mol. The Balaban J connectivity index is 1.92. The maximum absolute atomic E-state index is 6.01. The van der Waals surface area contributed by atoms with Crippen LogP contribution in [-0.4, -0.2) is 6.61 Å². The lowest BCUT2D eigenvalue weighted by atomic mass is 10.0. The second-order valence-corrected chi connectivity index (χ2v) is 5.50. The quantitative estimate of drug-likeness (QED) is 0.814. The molecule has 1 unspecified atom stereocenters. The van der Waals surface area contributed by atoms with Crippen LogP contribution in [0.15, 0.2) is 24.3 Å². The van der Waals surface area contributed by atoms with Gasteiger partial charge in [0, 0.05) is 11.6 Å². The first-order valence-corrected chi connectivity index (χ1v) is 7.24. The average molecular weight is 247 g/mol. The van der Waals surface area contributed by atoms with Gasteiger partial charge in [-0.15, -0.1) is 0 Å². The number of hydrogen-bond acceptors (Lipinski definition) is 2. The van der Waals surface area contributed by atoms with E-state index in [1.165, 1.54) is 38.5 Å². The van der Waals surface area contributed by atoms with E-state index in [0.717, 1.165) is 23.8 Å². The SMILES string of the molecule is CC(N)c1ccccc1OCC1CCCCCC1. The van der Waals surface area contributed by atoms with E-state index in [1.54, 1.807) is 0 Å². The van der Waals surface area contributed by atoms with Crippen LogP contribution in [0.25, 0.3) is 0 Å². The summed E-state index contributed by atoms with van der Waals surface area (Å²) < 4.78 is 6.01. The molecule has 2 heteroatoms. The third-order valence-corrected chi connectivity index (χ3v) is 3.86. The van der Waals surface area contributed by atoms with E-state index in [1.807, 2.05) is 25.1 Å². The molecule has 0 saturated heterocycles. The summed E-state index contributed by atoms with van der Waals surface area (Å²) in [5.74, 6) is 1.70. The Bertz CT molecular complexity index is 354. The van der Waals surface area contributed by atoms with Crippen LogP contribution in [0.4, 0.5) is 0 Å². The molecule has 100 valence electrons. The van der Waals surface area contributed by atoms with Crippen LogP contribution in [0, 0.1) is 5.92 Å². The lowest BCUT2D eigenvalue weighted by molar-refractivity contribution is 0.231.